The van der Waals surface area contributed by atoms with Crippen LogP contribution in [0.5, 0.6) is 0 Å². The van der Waals surface area contributed by atoms with Gasteiger partial charge in [0.2, 0.25) is 0 Å². The highest BCUT2D eigenvalue weighted by Gasteiger charge is 2.26. The maximum atomic E-state index is 5.45. The average molecular weight is 224 g/mol. The number of hydrogen-bond donors (Lipinski definition) is 1. The van der Waals surface area contributed by atoms with E-state index in [0.717, 1.165) is 24.4 Å². The molecule has 4 nitrogen and oxygen atoms in total. The Morgan fingerprint density at radius 1 is 1.44 bits per heavy atom. The second-order valence-corrected chi connectivity index (χ2v) is 4.50. The van der Waals surface area contributed by atoms with Gasteiger partial charge in [-0.3, -0.25) is 0 Å². The molecule has 1 aromatic rings. The van der Waals surface area contributed by atoms with E-state index in [1.807, 2.05) is 13.8 Å². The van der Waals surface area contributed by atoms with E-state index in [9.17, 15) is 0 Å². The number of nitrogens with one attached hydrogen (secondary N) is 1. The average Bonchev–Trinajstić information content (AvgIpc) is 2.84. The summed E-state index contributed by atoms with van der Waals surface area (Å²) in [4.78, 5) is 0. The molecule has 0 bridgehead atoms. The Bertz CT molecular complexity index is 329. The van der Waals surface area contributed by atoms with Crippen LogP contribution in [0.3, 0.4) is 0 Å². The smallest absolute Gasteiger partial charge is 0.138 e. The molecule has 0 amide bonds. The normalized spacial score (nSPS) is 25.2. The minimum Gasteiger partial charge on any atom is -0.380 e. The zero-order valence-corrected chi connectivity index (χ0v) is 10.2. The van der Waals surface area contributed by atoms with Crippen molar-refractivity contribution in [2.45, 2.75) is 51.8 Å². The second-order valence-electron chi connectivity index (χ2n) is 4.50. The lowest BCUT2D eigenvalue weighted by atomic mass is 10.1. The fraction of sp³-hybridized carbons (Fsp3) is 0.750. The molecule has 0 spiro atoms. The second kappa shape index (κ2) is 4.97. The lowest BCUT2D eigenvalue weighted by Crippen LogP contribution is -2.36. The number of hydrogen-bond acceptors (Lipinski definition) is 4. The van der Waals surface area contributed by atoms with Crippen LogP contribution in [0.15, 0.2) is 4.52 Å². The van der Waals surface area contributed by atoms with Crippen LogP contribution in [0.1, 0.15) is 36.3 Å². The molecule has 4 heteroatoms. The molecule has 0 aromatic carbocycles. The Morgan fingerprint density at radius 3 is 2.88 bits per heavy atom. The fourth-order valence-electron chi connectivity index (χ4n) is 2.43. The molecule has 0 radical (unpaired) electrons. The predicted molar refractivity (Wildman–Crippen MR) is 61.3 cm³/mol. The first-order valence-electron chi connectivity index (χ1n) is 5.90. The molecule has 1 heterocycles. The maximum absolute atomic E-state index is 5.45. The first kappa shape index (κ1) is 11.6. The Hall–Kier alpha value is -0.870. The third-order valence-corrected chi connectivity index (χ3v) is 3.48. The van der Waals surface area contributed by atoms with Crippen molar-refractivity contribution in [2.24, 2.45) is 0 Å². The molecule has 1 aromatic heterocycles. The van der Waals surface area contributed by atoms with Gasteiger partial charge in [0.15, 0.2) is 0 Å². The van der Waals surface area contributed by atoms with Crippen LogP contribution in [-0.2, 0) is 11.3 Å². The summed E-state index contributed by atoms with van der Waals surface area (Å²) in [7, 11) is 1.79. The minimum atomic E-state index is 0.362. The number of aryl methyl sites for hydroxylation is 2. The van der Waals surface area contributed by atoms with Gasteiger partial charge in [0.1, 0.15) is 5.76 Å². The van der Waals surface area contributed by atoms with Gasteiger partial charge in [0.25, 0.3) is 0 Å². The molecule has 90 valence electrons. The minimum absolute atomic E-state index is 0.362. The summed E-state index contributed by atoms with van der Waals surface area (Å²) in [5, 5.41) is 7.50. The Kier molecular flexibility index (Phi) is 3.61. The number of methoxy groups -OCH3 is 1. The summed E-state index contributed by atoms with van der Waals surface area (Å²) in [6.45, 7) is 4.77. The van der Waals surface area contributed by atoms with E-state index in [1.54, 1.807) is 7.11 Å². The van der Waals surface area contributed by atoms with Crippen molar-refractivity contribution in [2.75, 3.05) is 7.11 Å². The summed E-state index contributed by atoms with van der Waals surface area (Å²) < 4.78 is 10.6. The van der Waals surface area contributed by atoms with E-state index in [2.05, 4.69) is 10.5 Å². The number of ether oxygens (including phenoxy) is 1. The maximum Gasteiger partial charge on any atom is 0.138 e. The van der Waals surface area contributed by atoms with Crippen molar-refractivity contribution < 1.29 is 9.26 Å². The fourth-order valence-corrected chi connectivity index (χ4v) is 2.43. The van der Waals surface area contributed by atoms with Crippen LogP contribution in [0.4, 0.5) is 0 Å². The van der Waals surface area contributed by atoms with Crippen LogP contribution < -0.4 is 5.32 Å². The van der Waals surface area contributed by atoms with Crippen molar-refractivity contribution in [3.63, 3.8) is 0 Å². The van der Waals surface area contributed by atoms with Gasteiger partial charge in [-0.25, -0.2) is 0 Å². The zero-order valence-electron chi connectivity index (χ0n) is 10.2. The van der Waals surface area contributed by atoms with E-state index in [4.69, 9.17) is 9.26 Å². The van der Waals surface area contributed by atoms with Gasteiger partial charge in [-0.05, 0) is 33.1 Å². The molecule has 1 N–H and O–H groups in total. The highest BCUT2D eigenvalue weighted by molar-refractivity contribution is 5.20. The van der Waals surface area contributed by atoms with Crippen molar-refractivity contribution in [3.8, 4) is 0 Å². The molecule has 1 aliphatic rings. The molecule has 1 fully saturated rings. The standard InChI is InChI=1S/C12H20N2O2/c1-8-10(9(2)16-14-8)7-13-11-5-4-6-12(11)15-3/h11-13H,4-7H2,1-3H3. The molecule has 1 aliphatic carbocycles. The molecule has 16 heavy (non-hydrogen) atoms. The largest absolute Gasteiger partial charge is 0.380 e. The summed E-state index contributed by atoms with van der Waals surface area (Å²) in [5.41, 5.74) is 2.17. The first-order valence-corrected chi connectivity index (χ1v) is 5.90. The van der Waals surface area contributed by atoms with Crippen LogP contribution >= 0.6 is 0 Å². The number of nitrogens with zero attached hydrogens (tertiary/aromatic N) is 1. The van der Waals surface area contributed by atoms with Gasteiger partial charge in [-0.2, -0.15) is 0 Å². The number of aromatic nitrogens is 1. The Balaban J connectivity index is 1.92. The number of rotatable bonds is 4. The molecule has 1 saturated carbocycles. The molecular formula is C12H20N2O2. The van der Waals surface area contributed by atoms with Crippen molar-refractivity contribution in [1.82, 2.24) is 10.5 Å². The van der Waals surface area contributed by atoms with E-state index < -0.39 is 0 Å². The van der Waals surface area contributed by atoms with E-state index in [1.165, 1.54) is 18.4 Å². The SMILES string of the molecule is COC1CCCC1NCc1c(C)noc1C. The summed E-state index contributed by atoms with van der Waals surface area (Å²) in [6.07, 6.45) is 3.97. The van der Waals surface area contributed by atoms with Gasteiger partial charge >= 0.3 is 0 Å². The third-order valence-electron chi connectivity index (χ3n) is 3.48. The van der Waals surface area contributed by atoms with Crippen LogP contribution in [0.25, 0.3) is 0 Å². The first-order chi connectivity index (χ1) is 7.72. The Labute approximate surface area is 96.3 Å². The lowest BCUT2D eigenvalue weighted by Gasteiger charge is -2.19. The van der Waals surface area contributed by atoms with E-state index in [0.29, 0.717) is 12.1 Å². The van der Waals surface area contributed by atoms with Crippen molar-refractivity contribution >= 4 is 0 Å². The van der Waals surface area contributed by atoms with Gasteiger partial charge < -0.3 is 14.6 Å². The van der Waals surface area contributed by atoms with Gasteiger partial charge in [0, 0.05) is 25.3 Å². The summed E-state index contributed by atoms with van der Waals surface area (Å²) in [5.74, 6) is 0.914. The van der Waals surface area contributed by atoms with E-state index >= 15 is 0 Å². The molecule has 2 unspecified atom stereocenters. The molecule has 0 saturated heterocycles. The molecular weight excluding hydrogens is 204 g/mol. The van der Waals surface area contributed by atoms with Crippen LogP contribution in [0, 0.1) is 13.8 Å². The highest BCUT2D eigenvalue weighted by Crippen LogP contribution is 2.22. The lowest BCUT2D eigenvalue weighted by molar-refractivity contribution is 0.0847. The Morgan fingerprint density at radius 2 is 2.25 bits per heavy atom. The highest BCUT2D eigenvalue weighted by atomic mass is 16.5. The summed E-state index contributed by atoms with van der Waals surface area (Å²) in [6, 6.07) is 0.471. The van der Waals surface area contributed by atoms with Crippen LogP contribution in [-0.4, -0.2) is 24.4 Å². The van der Waals surface area contributed by atoms with Crippen molar-refractivity contribution in [1.29, 1.82) is 0 Å². The molecule has 2 atom stereocenters. The van der Waals surface area contributed by atoms with Crippen LogP contribution in [0.2, 0.25) is 0 Å². The zero-order chi connectivity index (χ0) is 11.5. The van der Waals surface area contributed by atoms with Gasteiger partial charge in [-0.1, -0.05) is 5.16 Å². The van der Waals surface area contributed by atoms with Crippen molar-refractivity contribution in [3.05, 3.63) is 17.0 Å². The monoisotopic (exact) mass is 224 g/mol. The third kappa shape index (κ3) is 2.28. The summed E-state index contributed by atoms with van der Waals surface area (Å²) >= 11 is 0. The predicted octanol–water partition coefficient (Wildman–Crippen LogP) is 1.95. The topological polar surface area (TPSA) is 47.3 Å². The van der Waals surface area contributed by atoms with E-state index in [-0.39, 0.29) is 0 Å². The van der Waals surface area contributed by atoms with Gasteiger partial charge in [0.05, 0.1) is 11.8 Å². The molecule has 2 rings (SSSR count). The quantitative estimate of drug-likeness (QED) is 0.849. The van der Waals surface area contributed by atoms with Gasteiger partial charge in [-0.15, -0.1) is 0 Å². The molecule has 0 aliphatic heterocycles.